The van der Waals surface area contributed by atoms with Crippen LogP contribution in [0.3, 0.4) is 0 Å². The molecular formula is C12H19N5O2S. The topological polar surface area (TPSA) is 94.1 Å². The molecule has 2 N–H and O–H groups in total. The van der Waals surface area contributed by atoms with Crippen LogP contribution in [0.15, 0.2) is 5.16 Å². The summed E-state index contributed by atoms with van der Waals surface area (Å²) in [5.74, 6) is 0.495. The van der Waals surface area contributed by atoms with Crippen LogP contribution in [0, 0.1) is 6.92 Å². The molecule has 1 aromatic heterocycles. The summed E-state index contributed by atoms with van der Waals surface area (Å²) in [6, 6.07) is -0.107. The molecule has 0 spiro atoms. The summed E-state index contributed by atoms with van der Waals surface area (Å²) in [5.41, 5.74) is 5.56. The van der Waals surface area contributed by atoms with Gasteiger partial charge < -0.3 is 10.3 Å². The van der Waals surface area contributed by atoms with Crippen molar-refractivity contribution in [1.29, 1.82) is 0 Å². The van der Waals surface area contributed by atoms with Gasteiger partial charge in [-0.1, -0.05) is 11.8 Å². The van der Waals surface area contributed by atoms with Gasteiger partial charge in [-0.3, -0.25) is 14.5 Å². The van der Waals surface area contributed by atoms with Gasteiger partial charge in [-0.2, -0.15) is 0 Å². The van der Waals surface area contributed by atoms with Crippen molar-refractivity contribution in [2.24, 2.45) is 5.73 Å². The molecule has 0 aliphatic carbocycles. The number of hydrogen-bond donors (Lipinski definition) is 1. The van der Waals surface area contributed by atoms with Crippen LogP contribution in [0.4, 0.5) is 0 Å². The molecule has 20 heavy (non-hydrogen) atoms. The highest BCUT2D eigenvalue weighted by atomic mass is 32.2. The Morgan fingerprint density at radius 2 is 2.10 bits per heavy atom. The molecule has 110 valence electrons. The van der Waals surface area contributed by atoms with Crippen molar-refractivity contribution >= 4 is 23.6 Å². The maximum Gasteiger partial charge on any atom is 0.243 e. The van der Waals surface area contributed by atoms with Crippen molar-refractivity contribution in [2.45, 2.75) is 50.2 Å². The molecule has 0 saturated carbocycles. The van der Waals surface area contributed by atoms with E-state index < -0.39 is 5.25 Å². The predicted molar refractivity (Wildman–Crippen MR) is 75.1 cm³/mol. The van der Waals surface area contributed by atoms with Gasteiger partial charge in [-0.25, -0.2) is 0 Å². The minimum atomic E-state index is -0.412. The highest BCUT2D eigenvalue weighted by Crippen LogP contribution is 2.31. The minimum Gasteiger partial charge on any atom is -0.329 e. The van der Waals surface area contributed by atoms with Gasteiger partial charge >= 0.3 is 0 Å². The van der Waals surface area contributed by atoms with Gasteiger partial charge in [-0.05, 0) is 20.8 Å². The van der Waals surface area contributed by atoms with Crippen LogP contribution in [0.2, 0.25) is 0 Å². The number of imide groups is 1. The third kappa shape index (κ3) is 2.71. The Hall–Kier alpha value is -1.41. The third-order valence-corrected chi connectivity index (χ3v) is 4.33. The number of carbonyl (C=O) groups excluding carboxylic acids is 2. The normalized spacial score (nSPS) is 19.4. The molecule has 1 aromatic rings. The molecule has 0 aromatic carbocycles. The lowest BCUT2D eigenvalue weighted by molar-refractivity contribution is -0.140. The van der Waals surface area contributed by atoms with Crippen LogP contribution < -0.4 is 5.73 Å². The monoisotopic (exact) mass is 297 g/mol. The number of nitrogens with zero attached hydrogens (tertiary/aromatic N) is 4. The fourth-order valence-corrected chi connectivity index (χ4v) is 3.35. The molecule has 0 bridgehead atoms. The predicted octanol–water partition coefficient (Wildman–Crippen LogP) is 0.173. The van der Waals surface area contributed by atoms with Crippen LogP contribution in [-0.4, -0.2) is 49.3 Å². The molecule has 1 aliphatic rings. The Balaban J connectivity index is 2.15. The summed E-state index contributed by atoms with van der Waals surface area (Å²) in [4.78, 5) is 25.4. The quantitative estimate of drug-likeness (QED) is 0.779. The van der Waals surface area contributed by atoms with Crippen molar-refractivity contribution in [2.75, 3.05) is 6.54 Å². The number of thioether (sulfide) groups is 1. The number of carbonyl (C=O) groups is 2. The summed E-state index contributed by atoms with van der Waals surface area (Å²) >= 11 is 1.29. The Morgan fingerprint density at radius 1 is 1.40 bits per heavy atom. The van der Waals surface area contributed by atoms with E-state index in [0.29, 0.717) is 18.2 Å². The van der Waals surface area contributed by atoms with E-state index in [4.69, 9.17) is 5.73 Å². The first-order chi connectivity index (χ1) is 9.45. The smallest absolute Gasteiger partial charge is 0.243 e. The van der Waals surface area contributed by atoms with Gasteiger partial charge in [0, 0.05) is 25.6 Å². The molecule has 7 nitrogen and oxygen atoms in total. The molecule has 2 heterocycles. The van der Waals surface area contributed by atoms with E-state index in [0.717, 1.165) is 5.82 Å². The second-order valence-corrected chi connectivity index (χ2v) is 6.15. The van der Waals surface area contributed by atoms with E-state index in [1.807, 2.05) is 25.3 Å². The molecule has 2 amide bonds. The number of hydrogen-bond acceptors (Lipinski definition) is 6. The lowest BCUT2D eigenvalue weighted by atomic mass is 10.3. The van der Waals surface area contributed by atoms with Gasteiger partial charge in [0.25, 0.3) is 0 Å². The zero-order chi connectivity index (χ0) is 14.9. The van der Waals surface area contributed by atoms with Gasteiger partial charge in [0.1, 0.15) is 11.1 Å². The summed E-state index contributed by atoms with van der Waals surface area (Å²) < 4.78 is 1.88. The van der Waals surface area contributed by atoms with Crippen LogP contribution in [0.25, 0.3) is 0 Å². The standard InChI is InChI=1S/C12H19N5O2S/c1-7(2)17-10(18)6-9(11(17)19)20-12-15-14-8(3)16(12)5-4-13/h7,9H,4-6,13H2,1-3H3. The van der Waals surface area contributed by atoms with Crippen LogP contribution >= 0.6 is 11.8 Å². The van der Waals surface area contributed by atoms with E-state index in [-0.39, 0.29) is 24.3 Å². The average molecular weight is 297 g/mol. The van der Waals surface area contributed by atoms with Crippen LogP contribution in [0.1, 0.15) is 26.1 Å². The number of rotatable bonds is 5. The van der Waals surface area contributed by atoms with Crippen molar-refractivity contribution in [3.8, 4) is 0 Å². The highest BCUT2D eigenvalue weighted by molar-refractivity contribution is 8.00. The molecule has 8 heteroatoms. The molecule has 1 saturated heterocycles. The number of nitrogens with two attached hydrogens (primary N) is 1. The van der Waals surface area contributed by atoms with Crippen LogP contribution in [-0.2, 0) is 16.1 Å². The number of aryl methyl sites for hydroxylation is 1. The second-order valence-electron chi connectivity index (χ2n) is 4.98. The maximum absolute atomic E-state index is 12.2. The summed E-state index contributed by atoms with van der Waals surface area (Å²) in [7, 11) is 0. The largest absolute Gasteiger partial charge is 0.329 e. The van der Waals surface area contributed by atoms with Crippen LogP contribution in [0.5, 0.6) is 0 Å². The first kappa shape index (κ1) is 15.0. The Morgan fingerprint density at radius 3 is 2.65 bits per heavy atom. The number of amides is 2. The van der Waals surface area contributed by atoms with Gasteiger partial charge in [0.15, 0.2) is 5.16 Å². The van der Waals surface area contributed by atoms with E-state index in [2.05, 4.69) is 10.2 Å². The number of likely N-dealkylation sites (tertiary alicyclic amines) is 1. The maximum atomic E-state index is 12.2. The van der Waals surface area contributed by atoms with E-state index >= 15 is 0 Å². The molecule has 1 atom stereocenters. The zero-order valence-electron chi connectivity index (χ0n) is 11.9. The van der Waals surface area contributed by atoms with Gasteiger partial charge in [0.2, 0.25) is 11.8 Å². The number of aromatic nitrogens is 3. The average Bonchev–Trinajstić information content (AvgIpc) is 2.84. The Labute approximate surface area is 121 Å². The summed E-state index contributed by atoms with van der Waals surface area (Å²) in [6.07, 6.45) is 0.218. The summed E-state index contributed by atoms with van der Waals surface area (Å²) in [5, 5.41) is 8.30. The van der Waals surface area contributed by atoms with Crippen molar-refractivity contribution in [3.63, 3.8) is 0 Å². The molecule has 1 fully saturated rings. The molecular weight excluding hydrogens is 278 g/mol. The first-order valence-corrected chi connectivity index (χ1v) is 7.46. The SMILES string of the molecule is Cc1nnc(SC2CC(=O)N(C(C)C)C2=O)n1CCN. The Bertz CT molecular complexity index is 528. The Kier molecular flexibility index (Phi) is 4.44. The van der Waals surface area contributed by atoms with Crippen molar-refractivity contribution < 1.29 is 9.59 Å². The fourth-order valence-electron chi connectivity index (χ4n) is 2.22. The highest BCUT2D eigenvalue weighted by Gasteiger charge is 2.41. The molecule has 1 aliphatic heterocycles. The second kappa shape index (κ2) is 5.92. The first-order valence-electron chi connectivity index (χ1n) is 6.58. The van der Waals surface area contributed by atoms with Gasteiger partial charge in [-0.15, -0.1) is 10.2 Å². The fraction of sp³-hybridized carbons (Fsp3) is 0.667. The van der Waals surface area contributed by atoms with Crippen molar-refractivity contribution in [1.82, 2.24) is 19.7 Å². The van der Waals surface area contributed by atoms with E-state index in [1.165, 1.54) is 16.7 Å². The third-order valence-electron chi connectivity index (χ3n) is 3.16. The minimum absolute atomic E-state index is 0.107. The lowest BCUT2D eigenvalue weighted by Gasteiger charge is -2.18. The molecule has 1 unspecified atom stereocenters. The zero-order valence-corrected chi connectivity index (χ0v) is 12.7. The van der Waals surface area contributed by atoms with E-state index in [9.17, 15) is 9.59 Å². The van der Waals surface area contributed by atoms with Crippen molar-refractivity contribution in [3.05, 3.63) is 5.82 Å². The molecule has 0 radical (unpaired) electrons. The van der Waals surface area contributed by atoms with Gasteiger partial charge in [0.05, 0.1) is 0 Å². The lowest BCUT2D eigenvalue weighted by Crippen LogP contribution is -2.37. The van der Waals surface area contributed by atoms with E-state index in [1.54, 1.807) is 0 Å². The molecule has 2 rings (SSSR count). The summed E-state index contributed by atoms with van der Waals surface area (Å²) in [6.45, 7) is 6.59.